The summed E-state index contributed by atoms with van der Waals surface area (Å²) in [6, 6.07) is 0. The predicted molar refractivity (Wildman–Crippen MR) is 53.5 cm³/mol. The van der Waals surface area contributed by atoms with E-state index in [0.29, 0.717) is 6.10 Å². The Morgan fingerprint density at radius 1 is 1.23 bits per heavy atom. The number of rotatable bonds is 4. The Morgan fingerprint density at radius 2 is 2.00 bits per heavy atom. The van der Waals surface area contributed by atoms with Crippen molar-refractivity contribution in [3.05, 3.63) is 0 Å². The second-order valence-electron chi connectivity index (χ2n) is 3.99. The molecule has 2 unspecified atom stereocenters. The highest BCUT2D eigenvalue weighted by molar-refractivity contribution is 4.64. The molecule has 13 heavy (non-hydrogen) atoms. The van der Waals surface area contributed by atoms with E-state index in [1.807, 2.05) is 0 Å². The van der Waals surface area contributed by atoms with Crippen LogP contribution in [0.1, 0.15) is 58.3 Å². The molecule has 1 rings (SSSR count). The zero-order chi connectivity index (χ0) is 9.52. The summed E-state index contributed by atoms with van der Waals surface area (Å²) in [4.78, 5) is 0. The van der Waals surface area contributed by atoms with E-state index in [-0.39, 0.29) is 0 Å². The first-order valence-electron chi connectivity index (χ1n) is 5.66. The van der Waals surface area contributed by atoms with E-state index in [9.17, 15) is 5.11 Å². The zero-order valence-corrected chi connectivity index (χ0v) is 8.67. The highest BCUT2D eigenvalue weighted by Gasteiger charge is 2.17. The highest BCUT2D eigenvalue weighted by Crippen LogP contribution is 2.20. The number of unbranched alkanes of at least 4 members (excludes halogenated alkanes) is 2. The van der Waals surface area contributed by atoms with Crippen LogP contribution < -0.4 is 0 Å². The quantitative estimate of drug-likeness (QED) is 0.684. The van der Waals surface area contributed by atoms with E-state index in [1.54, 1.807) is 0 Å². The number of hydrogen-bond acceptors (Lipinski definition) is 2. The summed E-state index contributed by atoms with van der Waals surface area (Å²) >= 11 is 0. The Kier molecular flexibility index (Phi) is 5.40. The van der Waals surface area contributed by atoms with Crippen molar-refractivity contribution in [2.45, 2.75) is 70.7 Å². The molecule has 1 saturated heterocycles. The third-order valence-corrected chi connectivity index (χ3v) is 2.71. The molecular weight excluding hydrogens is 164 g/mol. The lowest BCUT2D eigenvalue weighted by atomic mass is 10.1. The second kappa shape index (κ2) is 6.39. The van der Waals surface area contributed by atoms with Gasteiger partial charge >= 0.3 is 0 Å². The van der Waals surface area contributed by atoms with Crippen molar-refractivity contribution in [3.63, 3.8) is 0 Å². The lowest BCUT2D eigenvalue weighted by Crippen LogP contribution is -2.19. The first-order chi connectivity index (χ1) is 6.33. The van der Waals surface area contributed by atoms with Crippen molar-refractivity contribution in [1.82, 2.24) is 0 Å². The second-order valence-corrected chi connectivity index (χ2v) is 3.99. The summed E-state index contributed by atoms with van der Waals surface area (Å²) < 4.78 is 5.51. The molecular formula is C11H22O2. The van der Waals surface area contributed by atoms with E-state index in [1.165, 1.54) is 25.7 Å². The van der Waals surface area contributed by atoms with Crippen LogP contribution in [0.15, 0.2) is 0 Å². The fourth-order valence-electron chi connectivity index (χ4n) is 1.88. The maximum absolute atomic E-state index is 9.39. The third-order valence-electron chi connectivity index (χ3n) is 2.71. The fourth-order valence-corrected chi connectivity index (χ4v) is 1.88. The lowest BCUT2D eigenvalue weighted by Gasteiger charge is -2.17. The van der Waals surface area contributed by atoms with Gasteiger partial charge < -0.3 is 9.84 Å². The summed E-state index contributed by atoms with van der Waals surface area (Å²) in [5.74, 6) is 0. The molecule has 2 heteroatoms. The van der Waals surface area contributed by atoms with Gasteiger partial charge in [-0.2, -0.15) is 0 Å². The van der Waals surface area contributed by atoms with Crippen molar-refractivity contribution in [2.75, 3.05) is 0 Å². The van der Waals surface area contributed by atoms with Crippen molar-refractivity contribution < 1.29 is 9.84 Å². The number of hydrogen-bond donors (Lipinski definition) is 1. The molecule has 1 fully saturated rings. The van der Waals surface area contributed by atoms with Gasteiger partial charge in [-0.15, -0.1) is 0 Å². The summed E-state index contributed by atoms with van der Waals surface area (Å²) in [6.07, 6.45) is 9.05. The Hall–Kier alpha value is -0.0800. The molecule has 1 aliphatic rings. The van der Waals surface area contributed by atoms with Gasteiger partial charge in [-0.05, 0) is 25.7 Å². The Labute approximate surface area is 81.3 Å². The Bertz CT molecular complexity index is 125. The van der Waals surface area contributed by atoms with Gasteiger partial charge in [0.05, 0.1) is 6.10 Å². The van der Waals surface area contributed by atoms with E-state index in [0.717, 1.165) is 25.7 Å². The van der Waals surface area contributed by atoms with Crippen LogP contribution in [-0.2, 0) is 4.74 Å². The van der Waals surface area contributed by atoms with E-state index >= 15 is 0 Å². The molecule has 78 valence electrons. The highest BCUT2D eigenvalue weighted by atomic mass is 16.6. The molecule has 2 atom stereocenters. The summed E-state index contributed by atoms with van der Waals surface area (Å²) in [7, 11) is 0. The standard InChI is InChI=1S/C11H22O2/c1-2-3-4-7-10-8-5-6-9-11(12)13-10/h10-12H,2-9H2,1H3. The van der Waals surface area contributed by atoms with Gasteiger partial charge in [-0.3, -0.25) is 0 Å². The summed E-state index contributed by atoms with van der Waals surface area (Å²) in [5.41, 5.74) is 0. The van der Waals surface area contributed by atoms with Gasteiger partial charge in [-0.25, -0.2) is 0 Å². The van der Waals surface area contributed by atoms with E-state index in [4.69, 9.17) is 4.74 Å². The first-order valence-corrected chi connectivity index (χ1v) is 5.66. The van der Waals surface area contributed by atoms with Crippen LogP contribution in [-0.4, -0.2) is 17.5 Å². The maximum atomic E-state index is 9.39. The van der Waals surface area contributed by atoms with Crippen LogP contribution in [0.3, 0.4) is 0 Å². The predicted octanol–water partition coefficient (Wildman–Crippen LogP) is 2.84. The number of aliphatic hydroxyl groups excluding tert-OH is 1. The molecule has 0 aliphatic carbocycles. The molecule has 0 bridgehead atoms. The fraction of sp³-hybridized carbons (Fsp3) is 1.00. The zero-order valence-electron chi connectivity index (χ0n) is 8.67. The number of aliphatic hydroxyl groups is 1. The van der Waals surface area contributed by atoms with Crippen molar-refractivity contribution in [3.8, 4) is 0 Å². The normalized spacial score (nSPS) is 30.0. The summed E-state index contributed by atoms with van der Waals surface area (Å²) in [5, 5.41) is 9.39. The minimum atomic E-state index is -0.492. The molecule has 1 N–H and O–H groups in total. The third kappa shape index (κ3) is 4.63. The topological polar surface area (TPSA) is 29.5 Å². The van der Waals surface area contributed by atoms with Crippen molar-refractivity contribution in [2.24, 2.45) is 0 Å². The lowest BCUT2D eigenvalue weighted by molar-refractivity contribution is -0.134. The van der Waals surface area contributed by atoms with Crippen LogP contribution in [0.4, 0.5) is 0 Å². The van der Waals surface area contributed by atoms with Gasteiger partial charge in [0.1, 0.15) is 0 Å². The molecule has 2 nitrogen and oxygen atoms in total. The molecule has 1 heterocycles. The SMILES string of the molecule is CCCCCC1CCCCC(O)O1. The van der Waals surface area contributed by atoms with Gasteiger partial charge in [0, 0.05) is 0 Å². The average Bonchev–Trinajstić information content (AvgIpc) is 2.31. The Balaban J connectivity index is 2.15. The molecule has 0 amide bonds. The maximum Gasteiger partial charge on any atom is 0.154 e. The van der Waals surface area contributed by atoms with Gasteiger partial charge in [0.2, 0.25) is 0 Å². The van der Waals surface area contributed by atoms with E-state index < -0.39 is 6.29 Å². The van der Waals surface area contributed by atoms with Gasteiger partial charge in [0.25, 0.3) is 0 Å². The molecule has 0 aromatic rings. The smallest absolute Gasteiger partial charge is 0.154 e. The summed E-state index contributed by atoms with van der Waals surface area (Å²) in [6.45, 7) is 2.21. The van der Waals surface area contributed by atoms with Crippen molar-refractivity contribution >= 4 is 0 Å². The molecule has 0 aromatic heterocycles. The molecule has 1 aliphatic heterocycles. The van der Waals surface area contributed by atoms with Crippen LogP contribution in [0.25, 0.3) is 0 Å². The Morgan fingerprint density at radius 3 is 2.77 bits per heavy atom. The molecule has 0 spiro atoms. The number of ether oxygens (including phenoxy) is 1. The van der Waals surface area contributed by atoms with Crippen LogP contribution >= 0.6 is 0 Å². The molecule has 0 saturated carbocycles. The minimum absolute atomic E-state index is 0.323. The average molecular weight is 186 g/mol. The minimum Gasteiger partial charge on any atom is -0.368 e. The monoisotopic (exact) mass is 186 g/mol. The van der Waals surface area contributed by atoms with Crippen LogP contribution in [0, 0.1) is 0 Å². The van der Waals surface area contributed by atoms with Gasteiger partial charge in [-0.1, -0.05) is 32.6 Å². The first kappa shape index (κ1) is 11.0. The molecule has 0 radical (unpaired) electrons. The van der Waals surface area contributed by atoms with Crippen molar-refractivity contribution in [1.29, 1.82) is 0 Å². The van der Waals surface area contributed by atoms with E-state index in [2.05, 4.69) is 6.92 Å². The molecule has 0 aromatic carbocycles. The van der Waals surface area contributed by atoms with Crippen LogP contribution in [0.5, 0.6) is 0 Å². The van der Waals surface area contributed by atoms with Crippen LogP contribution in [0.2, 0.25) is 0 Å². The van der Waals surface area contributed by atoms with Gasteiger partial charge in [0.15, 0.2) is 6.29 Å². The largest absolute Gasteiger partial charge is 0.368 e.